The fraction of sp³-hybridized carbons (Fsp3) is 0.350. The molecule has 136 valence electrons. The number of fused-ring (bicyclic) bond motifs is 3. The van der Waals surface area contributed by atoms with E-state index in [1.165, 1.54) is 11.0 Å². The van der Waals surface area contributed by atoms with Crippen LogP contribution in [-0.2, 0) is 17.5 Å². The summed E-state index contributed by atoms with van der Waals surface area (Å²) in [6, 6.07) is 11.2. The maximum absolute atomic E-state index is 13.2. The largest absolute Gasteiger partial charge is 0.416 e. The third-order valence-electron chi connectivity index (χ3n) is 5.17. The number of aryl methyl sites for hydroxylation is 1. The van der Waals surface area contributed by atoms with Gasteiger partial charge >= 0.3 is 6.18 Å². The van der Waals surface area contributed by atoms with Gasteiger partial charge in [-0.25, -0.2) is 0 Å². The van der Waals surface area contributed by atoms with Gasteiger partial charge in [-0.05, 0) is 43.5 Å². The average Bonchev–Trinajstić information content (AvgIpc) is 3.09. The lowest BCUT2D eigenvalue weighted by molar-refractivity contribution is -0.137. The van der Waals surface area contributed by atoms with Gasteiger partial charge in [-0.15, -0.1) is 0 Å². The molecule has 1 saturated heterocycles. The second-order valence-corrected chi connectivity index (χ2v) is 6.96. The second kappa shape index (κ2) is 6.04. The number of carbonyl (C=O) groups excluding carboxylic acids is 1. The Balaban J connectivity index is 1.79. The molecule has 0 N–H and O–H groups in total. The molecule has 0 saturated carbocycles. The van der Waals surface area contributed by atoms with Crippen molar-refractivity contribution in [2.75, 3.05) is 16.3 Å². The molecule has 2 aliphatic heterocycles. The highest BCUT2D eigenvalue weighted by molar-refractivity contribution is 6.06. The number of nitrogens with zero attached hydrogens (tertiary/aromatic N) is 2. The minimum atomic E-state index is -4.44. The Labute approximate surface area is 150 Å². The Morgan fingerprint density at radius 3 is 2.50 bits per heavy atom. The van der Waals surface area contributed by atoms with Gasteiger partial charge in [0.2, 0.25) is 5.91 Å². The zero-order valence-corrected chi connectivity index (χ0v) is 14.4. The molecule has 3 nitrogen and oxygen atoms in total. The molecule has 1 amide bonds. The number of hydrogen-bond acceptors (Lipinski definition) is 2. The van der Waals surface area contributed by atoms with Crippen LogP contribution >= 0.6 is 0 Å². The zero-order chi connectivity index (χ0) is 18.5. The first kappa shape index (κ1) is 16.9. The highest BCUT2D eigenvalue weighted by Crippen LogP contribution is 2.43. The Kier molecular flexibility index (Phi) is 3.93. The third-order valence-corrected chi connectivity index (χ3v) is 5.17. The van der Waals surface area contributed by atoms with Gasteiger partial charge in [0.15, 0.2) is 0 Å². The smallest absolute Gasteiger partial charge is 0.358 e. The molecule has 0 bridgehead atoms. The van der Waals surface area contributed by atoms with E-state index in [0.717, 1.165) is 36.1 Å². The van der Waals surface area contributed by atoms with Crippen molar-refractivity contribution in [3.63, 3.8) is 0 Å². The normalized spacial score (nSPS) is 19.5. The van der Waals surface area contributed by atoms with Crippen LogP contribution in [0.25, 0.3) is 0 Å². The minimum absolute atomic E-state index is 0.116. The maximum atomic E-state index is 13.2. The number of amides is 1. The third kappa shape index (κ3) is 2.83. The fourth-order valence-electron chi connectivity index (χ4n) is 3.81. The van der Waals surface area contributed by atoms with Gasteiger partial charge in [0.25, 0.3) is 0 Å². The Bertz CT molecular complexity index is 845. The van der Waals surface area contributed by atoms with E-state index >= 15 is 0 Å². The summed E-state index contributed by atoms with van der Waals surface area (Å²) in [5, 5.41) is 0. The molecule has 1 atom stereocenters. The summed E-state index contributed by atoms with van der Waals surface area (Å²) in [7, 11) is 0. The molecule has 2 aromatic carbocycles. The number of rotatable bonds is 2. The first-order chi connectivity index (χ1) is 12.3. The fourth-order valence-corrected chi connectivity index (χ4v) is 3.81. The summed E-state index contributed by atoms with van der Waals surface area (Å²) in [5.74, 6) is -0.116. The quantitative estimate of drug-likeness (QED) is 0.786. The molecule has 0 aromatic heterocycles. The van der Waals surface area contributed by atoms with E-state index in [2.05, 4.69) is 0 Å². The van der Waals surface area contributed by atoms with Gasteiger partial charge in [-0.1, -0.05) is 29.8 Å². The minimum Gasteiger partial charge on any atom is -0.358 e. The first-order valence-corrected chi connectivity index (χ1v) is 8.69. The van der Waals surface area contributed by atoms with Gasteiger partial charge in [0, 0.05) is 6.54 Å². The summed E-state index contributed by atoms with van der Waals surface area (Å²) in [6.07, 6.45) is -2.83. The van der Waals surface area contributed by atoms with Crippen molar-refractivity contribution in [3.05, 3.63) is 59.2 Å². The van der Waals surface area contributed by atoms with Gasteiger partial charge in [-0.2, -0.15) is 13.2 Å². The van der Waals surface area contributed by atoms with E-state index in [4.69, 9.17) is 0 Å². The van der Waals surface area contributed by atoms with Crippen LogP contribution in [0, 0.1) is 6.92 Å². The van der Waals surface area contributed by atoms with Crippen LogP contribution in [-0.4, -0.2) is 18.5 Å². The summed E-state index contributed by atoms with van der Waals surface area (Å²) < 4.78 is 39.6. The van der Waals surface area contributed by atoms with Crippen LogP contribution in [0.2, 0.25) is 0 Å². The number of benzene rings is 2. The highest BCUT2D eigenvalue weighted by atomic mass is 19.4. The molecule has 1 unspecified atom stereocenters. The summed E-state index contributed by atoms with van der Waals surface area (Å²) in [6.45, 7) is 2.95. The van der Waals surface area contributed by atoms with Gasteiger partial charge in [0.05, 0.1) is 23.5 Å². The maximum Gasteiger partial charge on any atom is 0.416 e. The summed E-state index contributed by atoms with van der Waals surface area (Å²) in [5.41, 5.74) is 2.34. The molecule has 0 radical (unpaired) electrons. The van der Waals surface area contributed by atoms with Crippen molar-refractivity contribution in [1.29, 1.82) is 0 Å². The topological polar surface area (TPSA) is 23.6 Å². The lowest BCUT2D eigenvalue weighted by atomic mass is 10.0. The average molecular weight is 360 g/mol. The number of anilines is 2. The van der Waals surface area contributed by atoms with Crippen molar-refractivity contribution >= 4 is 17.3 Å². The van der Waals surface area contributed by atoms with Crippen molar-refractivity contribution in [2.45, 2.75) is 38.5 Å². The first-order valence-electron chi connectivity index (χ1n) is 8.69. The van der Waals surface area contributed by atoms with Gasteiger partial charge in [-0.3, -0.25) is 4.79 Å². The molecule has 0 aliphatic carbocycles. The van der Waals surface area contributed by atoms with Gasteiger partial charge in [0.1, 0.15) is 6.04 Å². The van der Waals surface area contributed by atoms with E-state index in [9.17, 15) is 18.0 Å². The number of carbonyl (C=O) groups is 1. The second-order valence-electron chi connectivity index (χ2n) is 6.96. The molecule has 2 aliphatic rings. The Hall–Kier alpha value is -2.50. The molecule has 1 fully saturated rings. The molecule has 4 rings (SSSR count). The van der Waals surface area contributed by atoms with E-state index in [-0.39, 0.29) is 18.5 Å². The van der Waals surface area contributed by atoms with Crippen LogP contribution in [0.1, 0.15) is 29.5 Å². The molecular weight excluding hydrogens is 341 g/mol. The number of halogens is 3. The van der Waals surface area contributed by atoms with Crippen molar-refractivity contribution in [1.82, 2.24) is 0 Å². The highest BCUT2D eigenvalue weighted by Gasteiger charge is 2.42. The molecule has 2 heterocycles. The number of hydrogen-bond donors (Lipinski definition) is 0. The monoisotopic (exact) mass is 360 g/mol. The van der Waals surface area contributed by atoms with E-state index in [1.54, 1.807) is 0 Å². The van der Waals surface area contributed by atoms with E-state index < -0.39 is 11.7 Å². The summed E-state index contributed by atoms with van der Waals surface area (Å²) in [4.78, 5) is 16.5. The standard InChI is InChI=1S/C20H19F3N2O/c1-13-4-6-14(7-5-13)12-25-18-11-15(20(21,22)23)8-9-16(18)24-10-2-3-17(24)19(25)26/h4-9,11,17H,2-3,10,12H2,1H3. The predicted molar refractivity (Wildman–Crippen MR) is 94.2 cm³/mol. The van der Waals surface area contributed by atoms with Crippen molar-refractivity contribution in [2.24, 2.45) is 0 Å². The van der Waals surface area contributed by atoms with Crippen LogP contribution in [0.5, 0.6) is 0 Å². The van der Waals surface area contributed by atoms with Crippen molar-refractivity contribution < 1.29 is 18.0 Å². The molecule has 26 heavy (non-hydrogen) atoms. The van der Waals surface area contributed by atoms with Crippen LogP contribution < -0.4 is 9.80 Å². The van der Waals surface area contributed by atoms with Gasteiger partial charge < -0.3 is 9.80 Å². The lowest BCUT2D eigenvalue weighted by Gasteiger charge is -2.40. The predicted octanol–water partition coefficient (Wildman–Crippen LogP) is 4.53. The molecular formula is C20H19F3N2O. The van der Waals surface area contributed by atoms with Crippen LogP contribution in [0.4, 0.5) is 24.5 Å². The molecule has 6 heteroatoms. The van der Waals surface area contributed by atoms with Crippen LogP contribution in [0.15, 0.2) is 42.5 Å². The van der Waals surface area contributed by atoms with Crippen molar-refractivity contribution in [3.8, 4) is 0 Å². The Morgan fingerprint density at radius 2 is 1.81 bits per heavy atom. The zero-order valence-electron chi connectivity index (χ0n) is 14.4. The van der Waals surface area contributed by atoms with E-state index in [0.29, 0.717) is 17.9 Å². The molecule has 0 spiro atoms. The molecule has 2 aromatic rings. The Morgan fingerprint density at radius 1 is 1.08 bits per heavy atom. The number of alkyl halides is 3. The summed E-state index contributed by atoms with van der Waals surface area (Å²) >= 11 is 0. The van der Waals surface area contributed by atoms with E-state index in [1.807, 2.05) is 36.1 Å². The lowest BCUT2D eigenvalue weighted by Crippen LogP contribution is -2.50. The SMILES string of the molecule is Cc1ccc(CN2C(=O)C3CCCN3c3ccc(C(F)(F)F)cc32)cc1. The van der Waals surface area contributed by atoms with Crippen LogP contribution in [0.3, 0.4) is 0 Å².